The molecule has 0 atom stereocenters. The summed E-state index contributed by atoms with van der Waals surface area (Å²) in [6, 6.07) is 11.7. The fraction of sp³-hybridized carbons (Fsp3) is 0.441. The van der Waals surface area contributed by atoms with Gasteiger partial charge in [-0.25, -0.2) is 0 Å². The van der Waals surface area contributed by atoms with E-state index >= 15 is 0 Å². The van der Waals surface area contributed by atoms with Gasteiger partial charge in [0, 0.05) is 56.7 Å². The highest BCUT2D eigenvalue weighted by molar-refractivity contribution is 5.80. The number of hydrogen-bond donors (Lipinski definition) is 3. The zero-order chi connectivity index (χ0) is 32.1. The van der Waals surface area contributed by atoms with Crippen molar-refractivity contribution >= 4 is 29.7 Å². The summed E-state index contributed by atoms with van der Waals surface area (Å²) in [7, 11) is 0. The zero-order valence-electron chi connectivity index (χ0n) is 27.3. The molecule has 42 heavy (non-hydrogen) atoms. The lowest BCUT2D eigenvalue weighted by atomic mass is 10.1. The van der Waals surface area contributed by atoms with Gasteiger partial charge in [0.05, 0.1) is 12.3 Å². The first-order valence-electron chi connectivity index (χ1n) is 15.1. The number of benzene rings is 1. The predicted molar refractivity (Wildman–Crippen MR) is 181 cm³/mol. The van der Waals surface area contributed by atoms with Crippen LogP contribution in [0.5, 0.6) is 5.88 Å². The summed E-state index contributed by atoms with van der Waals surface area (Å²) in [5, 5.41) is 6.92. The van der Waals surface area contributed by atoms with Crippen LogP contribution in [0.25, 0.3) is 6.08 Å². The zero-order valence-corrected chi connectivity index (χ0v) is 27.3. The fourth-order valence-electron chi connectivity index (χ4n) is 4.18. The van der Waals surface area contributed by atoms with Crippen molar-refractivity contribution in [1.82, 2.24) is 9.55 Å². The number of ether oxygens (including phenoxy) is 1. The minimum atomic E-state index is -0.0533. The van der Waals surface area contributed by atoms with Crippen LogP contribution in [-0.4, -0.2) is 41.4 Å². The second-order valence-electron chi connectivity index (χ2n) is 9.15. The lowest BCUT2D eigenvalue weighted by Gasteiger charge is -2.24. The topological polar surface area (TPSA) is 123 Å². The molecule has 0 amide bonds. The molecule has 2 aromatic heterocycles. The van der Waals surface area contributed by atoms with Crippen LogP contribution in [0.2, 0.25) is 0 Å². The number of nitrogens with zero attached hydrogens (tertiary/aromatic N) is 3. The number of hydrogen-bond acceptors (Lipinski definition) is 7. The summed E-state index contributed by atoms with van der Waals surface area (Å²) < 4.78 is 7.52. The smallest absolute Gasteiger partial charge is 0.227 e. The Kier molecular flexibility index (Phi) is 19.5. The largest absolute Gasteiger partial charge is 0.477 e. The van der Waals surface area contributed by atoms with Crippen molar-refractivity contribution in [2.75, 3.05) is 30.3 Å². The molecule has 0 bridgehead atoms. The third-order valence-electron chi connectivity index (χ3n) is 5.99. The number of rotatable bonds is 11. The summed E-state index contributed by atoms with van der Waals surface area (Å²) in [6.45, 7) is 20.2. The molecule has 8 nitrogen and oxygen atoms in total. The fourth-order valence-corrected chi connectivity index (χ4v) is 4.18. The molecule has 0 radical (unpaired) electrons. The maximum Gasteiger partial charge on any atom is 0.227 e. The number of anilines is 2. The Labute approximate surface area is 254 Å². The summed E-state index contributed by atoms with van der Waals surface area (Å²) in [5.74, 6) is 0.911. The molecule has 2 heterocycles. The molecule has 0 aliphatic rings. The van der Waals surface area contributed by atoms with Gasteiger partial charge in [0.15, 0.2) is 0 Å². The van der Waals surface area contributed by atoms with E-state index in [1.807, 2.05) is 84.1 Å². The first-order chi connectivity index (χ1) is 20.2. The highest BCUT2D eigenvalue weighted by atomic mass is 16.5. The molecule has 0 spiro atoms. The van der Waals surface area contributed by atoms with Gasteiger partial charge in [-0.2, -0.15) is 4.98 Å². The second kappa shape index (κ2) is 21.6. The molecule has 8 heteroatoms. The molecule has 0 fully saturated rings. The molecule has 232 valence electrons. The number of nitrogens with two attached hydrogens (primary N) is 2. The predicted octanol–water partition coefficient (Wildman–Crippen LogP) is 7.66. The van der Waals surface area contributed by atoms with Crippen LogP contribution in [0.15, 0.2) is 48.8 Å². The van der Waals surface area contributed by atoms with Crippen LogP contribution in [-0.2, 0) is 6.42 Å². The van der Waals surface area contributed by atoms with Gasteiger partial charge in [-0.3, -0.25) is 9.36 Å². The Balaban J connectivity index is 0.00000108. The van der Waals surface area contributed by atoms with E-state index in [2.05, 4.69) is 23.7 Å². The van der Waals surface area contributed by atoms with Gasteiger partial charge in [0.1, 0.15) is 5.82 Å². The normalized spacial score (nSPS) is 9.93. The van der Waals surface area contributed by atoms with E-state index in [-0.39, 0.29) is 5.91 Å². The van der Waals surface area contributed by atoms with Gasteiger partial charge in [-0.15, -0.1) is 0 Å². The standard InChI is InChI=1S/C22H33N5O2.C8H9N.2C2H6/c1-5-10-26(11-6-2)19-13-21(24)25-22(14-19)29-12-8-18-15-27(17(4)28)20(7-9-23)16(18)3;1-7-3-2-4-8(5-7)6-9;2*1-2/h7,9,13-15H,5-6,8,10-12,23H2,1-4H3,(H2,24,25);2-6,9H,1H3;2*1-2H3/b9-7-;;;. The molecule has 0 aliphatic heterocycles. The average Bonchev–Trinajstić information content (AvgIpc) is 3.30. The number of nitrogen functional groups attached to an aromatic ring is 1. The Hall–Kier alpha value is -4.07. The Bertz CT molecular complexity index is 1230. The van der Waals surface area contributed by atoms with E-state index in [4.69, 9.17) is 21.6 Å². The van der Waals surface area contributed by atoms with Crippen LogP contribution in [0, 0.1) is 19.3 Å². The average molecular weight is 579 g/mol. The monoisotopic (exact) mass is 578 g/mol. The first kappa shape index (κ1) is 37.9. The number of carbonyl (C=O) groups excluding carboxylic acids is 1. The third-order valence-corrected chi connectivity index (χ3v) is 5.99. The molecule has 1 aromatic carbocycles. The minimum Gasteiger partial charge on any atom is -0.477 e. The van der Waals surface area contributed by atoms with Crippen molar-refractivity contribution in [2.24, 2.45) is 5.73 Å². The maximum absolute atomic E-state index is 11.9. The molecule has 3 aromatic rings. The number of aromatic nitrogens is 2. The summed E-state index contributed by atoms with van der Waals surface area (Å²) >= 11 is 0. The lowest BCUT2D eigenvalue weighted by Crippen LogP contribution is -2.25. The van der Waals surface area contributed by atoms with Crippen molar-refractivity contribution in [3.8, 4) is 5.88 Å². The van der Waals surface area contributed by atoms with Crippen molar-refractivity contribution < 1.29 is 9.53 Å². The second-order valence-corrected chi connectivity index (χ2v) is 9.15. The molecular weight excluding hydrogens is 524 g/mol. The maximum atomic E-state index is 11.9. The molecule has 0 unspecified atom stereocenters. The van der Waals surface area contributed by atoms with Crippen LogP contribution < -0.4 is 21.1 Å². The van der Waals surface area contributed by atoms with Gasteiger partial charge in [0.2, 0.25) is 11.8 Å². The SMILES string of the molecule is CC.CC.CCCN(CCC)c1cc(N)nc(OCCc2cn(C(C)=O)c(/C=C\N)c2C)c1.Cc1cccc(C=N)c1. The van der Waals surface area contributed by atoms with Crippen molar-refractivity contribution in [2.45, 2.75) is 81.6 Å². The van der Waals surface area contributed by atoms with Crippen molar-refractivity contribution in [3.63, 3.8) is 0 Å². The molecule has 0 saturated carbocycles. The molecule has 0 aliphatic carbocycles. The lowest BCUT2D eigenvalue weighted by molar-refractivity contribution is 0.0936. The molecule has 5 N–H and O–H groups in total. The van der Waals surface area contributed by atoms with Gasteiger partial charge >= 0.3 is 0 Å². The van der Waals surface area contributed by atoms with E-state index in [1.165, 1.54) is 24.9 Å². The van der Waals surface area contributed by atoms with E-state index in [0.29, 0.717) is 24.7 Å². The van der Waals surface area contributed by atoms with E-state index in [9.17, 15) is 4.79 Å². The van der Waals surface area contributed by atoms with Crippen LogP contribution in [0.1, 0.15) is 94.1 Å². The summed E-state index contributed by atoms with van der Waals surface area (Å²) in [6.07, 6.45) is 9.15. The number of aryl methyl sites for hydroxylation is 1. The molecule has 3 rings (SSSR count). The molecular formula is C34H54N6O2. The summed E-state index contributed by atoms with van der Waals surface area (Å²) in [4.78, 5) is 18.5. The Morgan fingerprint density at radius 1 is 1.07 bits per heavy atom. The number of carbonyl (C=O) groups is 1. The van der Waals surface area contributed by atoms with Gasteiger partial charge in [0.25, 0.3) is 0 Å². The minimum absolute atomic E-state index is 0.0533. The molecule has 0 saturated heterocycles. The van der Waals surface area contributed by atoms with Crippen molar-refractivity contribution in [1.29, 1.82) is 5.41 Å². The van der Waals surface area contributed by atoms with Gasteiger partial charge < -0.3 is 26.5 Å². The van der Waals surface area contributed by atoms with Gasteiger partial charge in [-0.1, -0.05) is 71.4 Å². The Morgan fingerprint density at radius 3 is 2.21 bits per heavy atom. The van der Waals surface area contributed by atoms with E-state index < -0.39 is 0 Å². The third kappa shape index (κ3) is 12.6. The number of nitrogens with one attached hydrogen (secondary N) is 1. The van der Waals surface area contributed by atoms with Crippen LogP contribution in [0.3, 0.4) is 0 Å². The summed E-state index contributed by atoms with van der Waals surface area (Å²) in [5.41, 5.74) is 17.6. The quantitative estimate of drug-likeness (QED) is 0.201. The van der Waals surface area contributed by atoms with E-state index in [1.54, 1.807) is 10.6 Å². The highest BCUT2D eigenvalue weighted by Gasteiger charge is 2.14. The van der Waals surface area contributed by atoms with Crippen LogP contribution in [0.4, 0.5) is 11.5 Å². The first-order valence-corrected chi connectivity index (χ1v) is 15.1. The van der Waals surface area contributed by atoms with Crippen LogP contribution >= 0.6 is 0 Å². The number of pyridine rings is 1. The van der Waals surface area contributed by atoms with Gasteiger partial charge in [-0.05, 0) is 55.7 Å². The highest BCUT2D eigenvalue weighted by Crippen LogP contribution is 2.24. The Morgan fingerprint density at radius 2 is 1.71 bits per heavy atom. The van der Waals surface area contributed by atoms with E-state index in [0.717, 1.165) is 54.0 Å². The van der Waals surface area contributed by atoms with Crippen molar-refractivity contribution in [3.05, 3.63) is 76.7 Å².